The molecule has 4 rings (SSSR count). The van der Waals surface area contributed by atoms with Crippen molar-refractivity contribution >= 4 is 63.1 Å². The summed E-state index contributed by atoms with van der Waals surface area (Å²) in [5.74, 6) is -2.47. The van der Waals surface area contributed by atoms with Crippen LogP contribution in [0.5, 0.6) is 0 Å². The number of carbonyl (C=O) groups is 7. The van der Waals surface area contributed by atoms with E-state index in [-0.39, 0.29) is 103 Å². The maximum Gasteiger partial charge on any atom is 0.308 e. The van der Waals surface area contributed by atoms with Gasteiger partial charge < -0.3 is 50.3 Å². The Morgan fingerprint density at radius 1 is 0.900 bits per heavy atom. The molecule has 3 saturated heterocycles. The van der Waals surface area contributed by atoms with Gasteiger partial charge in [-0.25, -0.2) is 0 Å². The van der Waals surface area contributed by atoms with Gasteiger partial charge in [-0.1, -0.05) is 85.1 Å². The lowest BCUT2D eigenvalue weighted by molar-refractivity contribution is -0.147. The number of ether oxygens (including phenoxy) is 5. The smallest absolute Gasteiger partial charge is 0.308 e. The Hall–Kier alpha value is -4.91. The van der Waals surface area contributed by atoms with Crippen molar-refractivity contribution in [2.75, 3.05) is 30.9 Å². The maximum atomic E-state index is 13.2. The number of aryl methyl sites for hydroxylation is 1. The number of rotatable bonds is 26. The quantitative estimate of drug-likeness (QED) is 0.0184. The Morgan fingerprint density at radius 2 is 1.64 bits per heavy atom. The summed E-state index contributed by atoms with van der Waals surface area (Å²) in [6, 6.07) is 5.06. The van der Waals surface area contributed by atoms with Crippen LogP contribution in [0.25, 0.3) is 0 Å². The molecule has 70 heavy (non-hydrogen) atoms. The molecule has 0 aliphatic carbocycles. The molecule has 18 heteroatoms. The van der Waals surface area contributed by atoms with E-state index >= 15 is 0 Å². The molecule has 10 unspecified atom stereocenters. The zero-order chi connectivity index (χ0) is 51.4. The second kappa shape index (κ2) is 28.8. The van der Waals surface area contributed by atoms with Crippen LogP contribution in [0.2, 0.25) is 0 Å². The average Bonchev–Trinajstić information content (AvgIpc) is 4.06. The fourth-order valence-corrected chi connectivity index (χ4v) is 8.70. The second-order valence-corrected chi connectivity index (χ2v) is 19.8. The third kappa shape index (κ3) is 20.1. The molecule has 3 aliphatic heterocycles. The monoisotopic (exact) mass is 1040 g/mol. The predicted octanol–water partition coefficient (Wildman–Crippen LogP) is 5.83. The molecule has 388 valence electrons. The van der Waals surface area contributed by atoms with Crippen molar-refractivity contribution in [1.82, 2.24) is 21.3 Å². The minimum atomic E-state index is -0.936. The zero-order valence-electron chi connectivity index (χ0n) is 42.1. The molecule has 5 amide bonds. The molecule has 1 aromatic carbocycles. The number of epoxide rings is 1. The molecule has 3 heterocycles. The number of allylic oxidation sites excluding steroid dienone is 2. The molecule has 5 N–H and O–H groups in total. The van der Waals surface area contributed by atoms with Crippen LogP contribution in [-0.4, -0.2) is 121 Å². The van der Waals surface area contributed by atoms with E-state index in [0.29, 0.717) is 43.7 Å². The first-order chi connectivity index (χ1) is 33.3. The van der Waals surface area contributed by atoms with Gasteiger partial charge in [-0.05, 0) is 89.3 Å². The van der Waals surface area contributed by atoms with Crippen LogP contribution in [0, 0.1) is 11.8 Å². The van der Waals surface area contributed by atoms with Gasteiger partial charge in [0.2, 0.25) is 29.5 Å². The molecule has 3 aliphatic rings. The van der Waals surface area contributed by atoms with Gasteiger partial charge in [0.05, 0.1) is 61.5 Å². The Kier molecular flexibility index (Phi) is 23.7. The number of methoxy groups -OCH3 is 1. The molecule has 0 radical (unpaired) electrons. The highest BCUT2D eigenvalue weighted by atomic mass is 79.9. The van der Waals surface area contributed by atoms with Crippen molar-refractivity contribution in [3.05, 3.63) is 65.8 Å². The van der Waals surface area contributed by atoms with Crippen molar-refractivity contribution in [3.63, 3.8) is 0 Å². The van der Waals surface area contributed by atoms with E-state index in [2.05, 4.69) is 55.5 Å². The van der Waals surface area contributed by atoms with Crippen LogP contribution >= 0.6 is 15.9 Å². The van der Waals surface area contributed by atoms with Gasteiger partial charge >= 0.3 is 11.9 Å². The molecule has 0 saturated carbocycles. The maximum absolute atomic E-state index is 13.2. The topological polar surface area (TPSA) is 229 Å². The number of nitrogens with one attached hydrogen (secondary N) is 5. The van der Waals surface area contributed by atoms with Gasteiger partial charge in [-0.15, -0.1) is 0 Å². The zero-order valence-corrected chi connectivity index (χ0v) is 43.7. The number of para-hydroxylation sites is 1. The highest BCUT2D eigenvalue weighted by molar-refractivity contribution is 9.09. The highest BCUT2D eigenvalue weighted by Gasteiger charge is 2.51. The van der Waals surface area contributed by atoms with E-state index in [4.69, 9.17) is 23.7 Å². The van der Waals surface area contributed by atoms with E-state index in [1.54, 1.807) is 38.1 Å². The van der Waals surface area contributed by atoms with E-state index in [1.807, 2.05) is 39.8 Å². The lowest BCUT2D eigenvalue weighted by Gasteiger charge is -2.39. The number of amides is 5. The first-order valence-electron chi connectivity index (χ1n) is 24.7. The van der Waals surface area contributed by atoms with E-state index in [9.17, 15) is 33.6 Å². The Bertz CT molecular complexity index is 2040. The number of unbranched alkanes of at least 4 members (excludes halogenated alkanes) is 2. The summed E-state index contributed by atoms with van der Waals surface area (Å²) in [5.41, 5.74) is 2.04. The van der Waals surface area contributed by atoms with Gasteiger partial charge in [0.25, 0.3) is 0 Å². The number of anilines is 1. The molecule has 1 aromatic rings. The molecular weight excluding hydrogens is 966 g/mol. The molecule has 3 fully saturated rings. The van der Waals surface area contributed by atoms with Crippen molar-refractivity contribution in [3.8, 4) is 0 Å². The SMILES string of the molecule is COC(=O)CC1CC2(CO2)CC(C=CC(C)=CCC2OC(C)C(NC(=O)C=CC(C)OC(=O)CCc3ccccc3NC(=O)C(C)NC(=O)C(NC(=O)CCCCCNC(=O)CBr)C(C)C)CC2C)O1. The second-order valence-electron chi connectivity index (χ2n) is 19.2. The normalized spacial score (nSPS) is 24.6. The van der Waals surface area contributed by atoms with E-state index < -0.39 is 36.0 Å². The largest absolute Gasteiger partial charge is 0.469 e. The summed E-state index contributed by atoms with van der Waals surface area (Å²) in [5, 5.41) is 14.4. The Labute approximate surface area is 421 Å². The number of halogens is 1. The Balaban J connectivity index is 1.15. The number of esters is 2. The third-order valence-electron chi connectivity index (χ3n) is 12.8. The lowest BCUT2D eigenvalue weighted by atomic mass is 9.88. The standard InChI is InChI=1S/C52H76BrN5O12/c1-32(2)49(58-44(59)16-10-9-13-25-54-46(61)30-53)51(65)55-36(6)50(64)57-41-15-12-11-14-38(41)20-24-47(62)68-35(5)19-23-45(60)56-42-26-34(4)43(69-37(42)7)22-18-33(3)17-21-39-28-52(31-67-52)29-40(70-39)27-48(63)66-8/h11-12,14-15,17-19,21,23,32,34-37,39-40,42-43,49H,9-10,13,16,20,22,24-31H2,1-8H3,(H,54,61)(H,55,65)(H,56,60)(H,57,64)(H,58,59). The van der Waals surface area contributed by atoms with Crippen LogP contribution in [-0.2, 0) is 63.7 Å². The number of carbonyl (C=O) groups excluding carboxylic acids is 7. The summed E-state index contributed by atoms with van der Waals surface area (Å²) in [6.45, 7) is 14.2. The molecule has 17 nitrogen and oxygen atoms in total. The minimum Gasteiger partial charge on any atom is -0.469 e. The molecule has 0 bridgehead atoms. The lowest BCUT2D eigenvalue weighted by Crippen LogP contribution is -2.53. The average molecular weight is 1040 g/mol. The molecule has 1 spiro atoms. The summed E-state index contributed by atoms with van der Waals surface area (Å²) in [7, 11) is 1.38. The molecule has 0 aromatic heterocycles. The fourth-order valence-electron chi connectivity index (χ4n) is 8.50. The Morgan fingerprint density at radius 3 is 2.34 bits per heavy atom. The summed E-state index contributed by atoms with van der Waals surface area (Å²) >= 11 is 3.10. The van der Waals surface area contributed by atoms with Gasteiger partial charge in [0, 0.05) is 44.0 Å². The van der Waals surface area contributed by atoms with Gasteiger partial charge in [0.1, 0.15) is 18.2 Å². The fraction of sp³-hybridized carbons (Fsp3) is 0.635. The predicted molar refractivity (Wildman–Crippen MR) is 269 cm³/mol. The number of alkyl halides is 1. The third-order valence-corrected chi connectivity index (χ3v) is 13.3. The summed E-state index contributed by atoms with van der Waals surface area (Å²) < 4.78 is 28.7. The highest BCUT2D eigenvalue weighted by Crippen LogP contribution is 2.43. The van der Waals surface area contributed by atoms with E-state index in [1.165, 1.54) is 19.3 Å². The van der Waals surface area contributed by atoms with E-state index in [0.717, 1.165) is 31.3 Å². The van der Waals surface area contributed by atoms with Crippen LogP contribution in [0.3, 0.4) is 0 Å². The van der Waals surface area contributed by atoms with Crippen molar-refractivity contribution < 1.29 is 57.2 Å². The number of hydrogen-bond donors (Lipinski definition) is 5. The molecule has 10 atom stereocenters. The van der Waals surface area contributed by atoms with Crippen molar-refractivity contribution in [2.45, 2.75) is 173 Å². The molecular formula is C52H76BrN5O12. The summed E-state index contributed by atoms with van der Waals surface area (Å²) in [6.07, 6.45) is 13.5. The van der Waals surface area contributed by atoms with Gasteiger partial charge in [-0.3, -0.25) is 33.6 Å². The van der Waals surface area contributed by atoms with Crippen LogP contribution in [0.4, 0.5) is 5.69 Å². The van der Waals surface area contributed by atoms with Crippen molar-refractivity contribution in [2.24, 2.45) is 11.8 Å². The first kappa shape index (κ1) is 57.7. The first-order valence-corrected chi connectivity index (χ1v) is 25.8. The number of benzene rings is 1. The van der Waals surface area contributed by atoms with Gasteiger partial charge in [-0.2, -0.15) is 0 Å². The summed E-state index contributed by atoms with van der Waals surface area (Å²) in [4.78, 5) is 88.2. The van der Waals surface area contributed by atoms with Crippen LogP contribution < -0.4 is 26.6 Å². The minimum absolute atomic E-state index is 0.0118. The number of hydrogen-bond acceptors (Lipinski definition) is 12. The van der Waals surface area contributed by atoms with Gasteiger partial charge in [0.15, 0.2) is 0 Å². The van der Waals surface area contributed by atoms with Crippen LogP contribution in [0.1, 0.15) is 118 Å². The van der Waals surface area contributed by atoms with Crippen LogP contribution in [0.15, 0.2) is 60.2 Å². The van der Waals surface area contributed by atoms with Crippen molar-refractivity contribution in [1.29, 1.82) is 0 Å².